The molecular formula is C27H17ClN4S. The van der Waals surface area contributed by atoms with E-state index in [1.807, 2.05) is 12.4 Å². The number of aromatic nitrogens is 3. The third-order valence-corrected chi connectivity index (χ3v) is 7.36. The van der Waals surface area contributed by atoms with Crippen LogP contribution in [-0.4, -0.2) is 14.5 Å². The van der Waals surface area contributed by atoms with Crippen molar-refractivity contribution in [2.45, 2.75) is 12.8 Å². The van der Waals surface area contributed by atoms with Crippen molar-refractivity contribution in [3.63, 3.8) is 0 Å². The van der Waals surface area contributed by atoms with E-state index in [0.717, 1.165) is 50.0 Å². The molecule has 0 aliphatic carbocycles. The first-order valence-electron chi connectivity index (χ1n) is 10.6. The molecule has 3 heterocycles. The van der Waals surface area contributed by atoms with Crippen LogP contribution in [-0.2, 0) is 6.42 Å². The van der Waals surface area contributed by atoms with Crippen LogP contribution in [0.15, 0.2) is 79.3 Å². The lowest BCUT2D eigenvalue weighted by Crippen LogP contribution is -1.94. The molecule has 4 nitrogen and oxygen atoms in total. The topological polar surface area (TPSA) is 54.5 Å². The summed E-state index contributed by atoms with van der Waals surface area (Å²) in [5.41, 5.74) is 5.84. The van der Waals surface area contributed by atoms with Gasteiger partial charge in [0.1, 0.15) is 11.8 Å². The Hall–Kier alpha value is -3.72. The van der Waals surface area contributed by atoms with E-state index in [2.05, 4.69) is 81.3 Å². The number of hydrogen-bond acceptors (Lipinski definition) is 4. The van der Waals surface area contributed by atoms with Gasteiger partial charge in [0, 0.05) is 32.6 Å². The Kier molecular flexibility index (Phi) is 4.83. The van der Waals surface area contributed by atoms with E-state index >= 15 is 0 Å². The number of aryl methyl sites for hydroxylation is 1. The highest BCUT2D eigenvalue weighted by atomic mass is 35.5. The van der Waals surface area contributed by atoms with E-state index < -0.39 is 0 Å². The molecule has 0 spiro atoms. The van der Waals surface area contributed by atoms with Crippen LogP contribution in [0.2, 0.25) is 5.02 Å². The predicted octanol–water partition coefficient (Wildman–Crippen LogP) is 7.56. The largest absolute Gasteiger partial charge is 0.298 e. The standard InChI is InChI=1S/C27H17ClN4S/c28-22-14-23-21(13-20(22)26-12-18-5-1-2-6-25(18)33-26)27-24(15-30-23)31-16-32(27)19-9-7-17(8-10-19)4-3-11-29/h1-2,5-10,12-16H,3-4H2. The number of benzene rings is 3. The van der Waals surface area contributed by atoms with Crippen LogP contribution in [0.4, 0.5) is 0 Å². The van der Waals surface area contributed by atoms with Crippen LogP contribution >= 0.6 is 22.9 Å². The number of pyridine rings is 1. The second kappa shape index (κ2) is 8.00. The average molecular weight is 465 g/mol. The molecule has 3 aromatic heterocycles. The van der Waals surface area contributed by atoms with Gasteiger partial charge in [0.15, 0.2) is 0 Å². The van der Waals surface area contributed by atoms with Crippen LogP contribution in [0.5, 0.6) is 0 Å². The van der Waals surface area contributed by atoms with E-state index in [0.29, 0.717) is 11.4 Å². The second-order valence-electron chi connectivity index (χ2n) is 7.93. The number of rotatable bonds is 4. The number of imidazole rings is 1. The maximum atomic E-state index is 8.84. The Balaban J connectivity index is 1.53. The number of thiophene rings is 1. The minimum atomic E-state index is 0.519. The minimum Gasteiger partial charge on any atom is -0.298 e. The molecule has 0 saturated carbocycles. The normalized spacial score (nSPS) is 11.4. The number of hydrogen-bond donors (Lipinski definition) is 0. The van der Waals surface area contributed by atoms with Gasteiger partial charge in [0.05, 0.1) is 28.3 Å². The zero-order chi connectivity index (χ0) is 22.4. The Morgan fingerprint density at radius 1 is 0.970 bits per heavy atom. The molecule has 158 valence electrons. The fourth-order valence-corrected chi connectivity index (χ4v) is 5.65. The van der Waals surface area contributed by atoms with Gasteiger partial charge in [-0.05, 0) is 53.8 Å². The smallest absolute Gasteiger partial charge is 0.108 e. The van der Waals surface area contributed by atoms with Gasteiger partial charge in [-0.3, -0.25) is 9.55 Å². The number of nitrogens with zero attached hydrogens (tertiary/aromatic N) is 4. The first-order chi connectivity index (χ1) is 16.2. The molecule has 33 heavy (non-hydrogen) atoms. The Labute approximate surface area is 199 Å². The molecule has 3 aromatic carbocycles. The van der Waals surface area contributed by atoms with Crippen molar-refractivity contribution in [2.75, 3.05) is 0 Å². The van der Waals surface area contributed by atoms with Gasteiger partial charge < -0.3 is 0 Å². The van der Waals surface area contributed by atoms with Crippen LogP contribution in [0, 0.1) is 11.3 Å². The molecule has 6 aromatic rings. The highest BCUT2D eigenvalue weighted by molar-refractivity contribution is 7.22. The van der Waals surface area contributed by atoms with E-state index in [1.165, 1.54) is 10.1 Å². The maximum Gasteiger partial charge on any atom is 0.108 e. The van der Waals surface area contributed by atoms with Gasteiger partial charge in [0.2, 0.25) is 0 Å². The summed E-state index contributed by atoms with van der Waals surface area (Å²) in [6.07, 6.45) is 4.91. The zero-order valence-electron chi connectivity index (χ0n) is 17.5. The molecule has 0 aliphatic heterocycles. The van der Waals surface area contributed by atoms with Crippen molar-refractivity contribution in [1.82, 2.24) is 14.5 Å². The van der Waals surface area contributed by atoms with Crippen LogP contribution in [0.3, 0.4) is 0 Å². The van der Waals surface area contributed by atoms with E-state index in [1.54, 1.807) is 17.5 Å². The van der Waals surface area contributed by atoms with Crippen LogP contribution in [0.25, 0.3) is 48.2 Å². The first-order valence-corrected chi connectivity index (χ1v) is 11.8. The maximum absolute atomic E-state index is 8.84. The summed E-state index contributed by atoms with van der Waals surface area (Å²) in [5.74, 6) is 0. The Bertz CT molecular complexity index is 1660. The van der Waals surface area contributed by atoms with E-state index in [4.69, 9.17) is 16.9 Å². The monoisotopic (exact) mass is 464 g/mol. The van der Waals surface area contributed by atoms with Crippen molar-refractivity contribution in [3.05, 3.63) is 89.8 Å². The summed E-state index contributed by atoms with van der Waals surface area (Å²) in [6, 6.07) is 25.1. The van der Waals surface area contributed by atoms with E-state index in [-0.39, 0.29) is 0 Å². The molecule has 0 fully saturated rings. The van der Waals surface area contributed by atoms with Gasteiger partial charge in [0.25, 0.3) is 0 Å². The lowest BCUT2D eigenvalue weighted by molar-refractivity contribution is 1.00. The zero-order valence-corrected chi connectivity index (χ0v) is 19.1. The molecule has 0 radical (unpaired) electrons. The van der Waals surface area contributed by atoms with Crippen molar-refractivity contribution in [2.24, 2.45) is 0 Å². The molecule has 0 N–H and O–H groups in total. The second-order valence-corrected chi connectivity index (χ2v) is 9.42. The molecule has 6 heteroatoms. The average Bonchev–Trinajstić information content (AvgIpc) is 3.47. The van der Waals surface area contributed by atoms with Crippen molar-refractivity contribution >= 4 is 55.0 Å². The highest BCUT2D eigenvalue weighted by Gasteiger charge is 2.15. The summed E-state index contributed by atoms with van der Waals surface area (Å²) >= 11 is 8.47. The van der Waals surface area contributed by atoms with E-state index in [9.17, 15) is 0 Å². The molecule has 0 saturated heterocycles. The van der Waals surface area contributed by atoms with Gasteiger partial charge in [-0.1, -0.05) is 41.9 Å². The molecule has 0 aliphatic rings. The Morgan fingerprint density at radius 3 is 2.64 bits per heavy atom. The van der Waals surface area contributed by atoms with Gasteiger partial charge >= 0.3 is 0 Å². The SMILES string of the molecule is N#CCCc1ccc(-n2cnc3cnc4cc(Cl)c(-c5cc6ccccc6s5)cc4c32)cc1. The van der Waals surface area contributed by atoms with Gasteiger partial charge in [-0.15, -0.1) is 11.3 Å². The first kappa shape index (κ1) is 19.9. The third-order valence-electron chi connectivity index (χ3n) is 5.89. The third kappa shape index (κ3) is 3.45. The Morgan fingerprint density at radius 2 is 1.82 bits per heavy atom. The lowest BCUT2D eigenvalue weighted by Gasteiger charge is -2.10. The fraction of sp³-hybridized carbons (Fsp3) is 0.0741. The molecule has 0 unspecified atom stereocenters. The summed E-state index contributed by atoms with van der Waals surface area (Å²) in [7, 11) is 0. The van der Waals surface area contributed by atoms with Gasteiger partial charge in [-0.2, -0.15) is 5.26 Å². The lowest BCUT2D eigenvalue weighted by atomic mass is 10.1. The molecule has 6 rings (SSSR count). The number of halogens is 1. The number of fused-ring (bicyclic) bond motifs is 4. The summed E-state index contributed by atoms with van der Waals surface area (Å²) in [5, 5.41) is 11.8. The number of nitriles is 1. The van der Waals surface area contributed by atoms with Crippen LogP contribution < -0.4 is 0 Å². The van der Waals surface area contributed by atoms with Crippen molar-refractivity contribution in [3.8, 4) is 22.2 Å². The molecule has 0 atom stereocenters. The minimum absolute atomic E-state index is 0.519. The summed E-state index contributed by atoms with van der Waals surface area (Å²) < 4.78 is 3.33. The molecule has 0 amide bonds. The summed E-state index contributed by atoms with van der Waals surface area (Å²) in [6.45, 7) is 0. The van der Waals surface area contributed by atoms with Crippen molar-refractivity contribution < 1.29 is 0 Å². The fourth-order valence-electron chi connectivity index (χ4n) is 4.24. The summed E-state index contributed by atoms with van der Waals surface area (Å²) in [4.78, 5) is 10.4. The van der Waals surface area contributed by atoms with Gasteiger partial charge in [-0.25, -0.2) is 4.98 Å². The predicted molar refractivity (Wildman–Crippen MR) is 136 cm³/mol. The highest BCUT2D eigenvalue weighted by Crippen LogP contribution is 2.40. The molecule has 0 bridgehead atoms. The molecular weight excluding hydrogens is 448 g/mol. The van der Waals surface area contributed by atoms with Crippen LogP contribution in [0.1, 0.15) is 12.0 Å². The van der Waals surface area contributed by atoms with Crippen molar-refractivity contribution in [1.29, 1.82) is 5.26 Å². The quantitative estimate of drug-likeness (QED) is 0.270.